The molecule has 0 radical (unpaired) electrons. The van der Waals surface area contributed by atoms with Crippen LogP contribution < -0.4 is 23.7 Å². The molecule has 3 aromatic carbocycles. The van der Waals surface area contributed by atoms with E-state index >= 15 is 0 Å². The fraction of sp³-hybridized carbons (Fsp3) is 0.269. The molecule has 5 rings (SSSR count). The maximum absolute atomic E-state index is 10.6. The average Bonchev–Trinajstić information content (AvgIpc) is 3.33. The lowest BCUT2D eigenvalue weighted by molar-refractivity contribution is -0.0210. The molecule has 2 heterocycles. The molecule has 1 N–H and O–H groups in total. The van der Waals surface area contributed by atoms with E-state index in [1.807, 2.05) is 41.4 Å². The largest absolute Gasteiger partial charge is 0.507 e. The number of hydrazone groups is 1. The number of fused-ring (bicyclic) bond motifs is 3. The standard InChI is InChI=1S/C26H26N2O6/c1-30-16-9-10-21(29)18(13-16)19-14-20-17-6-5-7-23(32-3)25(17)34-26(28(20)27-19)15-8-11-22(31-2)24(12-15)33-4/h5-13,20,26,29H,14H2,1-4H3/t20-,26-/m1/s1. The molecule has 34 heavy (non-hydrogen) atoms. The summed E-state index contributed by atoms with van der Waals surface area (Å²) in [4.78, 5) is 0. The van der Waals surface area contributed by atoms with Gasteiger partial charge >= 0.3 is 0 Å². The number of aromatic hydroxyl groups is 1. The SMILES string of the molecule is COc1ccc(O)c(C2=NN3[C@H](C2)c2cccc(OC)c2O[C@@H]3c2ccc(OC)c(OC)c2)c1. The lowest BCUT2D eigenvalue weighted by Gasteiger charge is -2.38. The van der Waals surface area contributed by atoms with Crippen LogP contribution in [0.15, 0.2) is 59.7 Å². The summed E-state index contributed by atoms with van der Waals surface area (Å²) >= 11 is 0. The minimum atomic E-state index is -0.543. The van der Waals surface area contributed by atoms with E-state index in [9.17, 15) is 5.11 Å². The van der Waals surface area contributed by atoms with Crippen molar-refractivity contribution < 1.29 is 28.8 Å². The zero-order chi connectivity index (χ0) is 23.8. The van der Waals surface area contributed by atoms with Crippen LogP contribution in [-0.2, 0) is 0 Å². The van der Waals surface area contributed by atoms with E-state index in [1.165, 1.54) is 0 Å². The normalized spacial score (nSPS) is 18.4. The van der Waals surface area contributed by atoms with Crippen LogP contribution in [0.2, 0.25) is 0 Å². The molecule has 2 aliphatic rings. The van der Waals surface area contributed by atoms with Crippen molar-refractivity contribution in [2.45, 2.75) is 18.7 Å². The third-order valence-electron chi connectivity index (χ3n) is 6.21. The topological polar surface area (TPSA) is 82.0 Å². The zero-order valence-electron chi connectivity index (χ0n) is 19.4. The Morgan fingerprint density at radius 2 is 1.68 bits per heavy atom. The predicted molar refractivity (Wildman–Crippen MR) is 126 cm³/mol. The van der Waals surface area contributed by atoms with E-state index in [4.69, 9.17) is 28.8 Å². The Kier molecular flexibility index (Phi) is 5.57. The summed E-state index contributed by atoms with van der Waals surface area (Å²) in [5, 5.41) is 17.4. The van der Waals surface area contributed by atoms with Crippen molar-refractivity contribution in [1.29, 1.82) is 0 Å². The summed E-state index contributed by atoms with van der Waals surface area (Å²) in [6.45, 7) is 0. The number of methoxy groups -OCH3 is 4. The van der Waals surface area contributed by atoms with E-state index in [0.717, 1.165) is 16.8 Å². The van der Waals surface area contributed by atoms with Crippen LogP contribution >= 0.6 is 0 Å². The first-order valence-electron chi connectivity index (χ1n) is 10.9. The highest BCUT2D eigenvalue weighted by molar-refractivity contribution is 6.04. The molecular formula is C26H26N2O6. The van der Waals surface area contributed by atoms with E-state index in [2.05, 4.69) is 0 Å². The molecule has 0 amide bonds. The Morgan fingerprint density at radius 3 is 2.41 bits per heavy atom. The lowest BCUT2D eigenvalue weighted by Crippen LogP contribution is -2.33. The van der Waals surface area contributed by atoms with Crippen molar-refractivity contribution >= 4 is 5.71 Å². The smallest absolute Gasteiger partial charge is 0.214 e. The molecule has 0 aliphatic carbocycles. The molecule has 0 unspecified atom stereocenters. The van der Waals surface area contributed by atoms with Crippen molar-refractivity contribution in [3.63, 3.8) is 0 Å². The van der Waals surface area contributed by atoms with Gasteiger partial charge in [0.05, 0.1) is 40.2 Å². The van der Waals surface area contributed by atoms with Gasteiger partial charge in [0.15, 0.2) is 23.0 Å². The van der Waals surface area contributed by atoms with E-state index in [0.29, 0.717) is 40.7 Å². The molecule has 8 nitrogen and oxygen atoms in total. The van der Waals surface area contributed by atoms with Crippen molar-refractivity contribution in [3.05, 3.63) is 71.3 Å². The second kappa shape index (κ2) is 8.70. The van der Waals surface area contributed by atoms with Gasteiger partial charge in [-0.05, 0) is 42.5 Å². The maximum Gasteiger partial charge on any atom is 0.214 e. The molecule has 3 aromatic rings. The molecule has 2 atom stereocenters. The Morgan fingerprint density at radius 1 is 0.882 bits per heavy atom. The van der Waals surface area contributed by atoms with Gasteiger partial charge < -0.3 is 28.8 Å². The maximum atomic E-state index is 10.6. The fourth-order valence-electron chi connectivity index (χ4n) is 4.51. The Balaban J connectivity index is 1.63. The van der Waals surface area contributed by atoms with Gasteiger partial charge in [-0.1, -0.05) is 12.1 Å². The number of phenolic OH excluding ortho intramolecular Hbond substituents is 1. The first-order valence-corrected chi connectivity index (χ1v) is 10.9. The number of phenols is 1. The van der Waals surface area contributed by atoms with Gasteiger partial charge in [-0.2, -0.15) is 5.10 Å². The van der Waals surface area contributed by atoms with Crippen LogP contribution in [0.25, 0.3) is 0 Å². The van der Waals surface area contributed by atoms with Gasteiger partial charge in [0.25, 0.3) is 0 Å². The van der Waals surface area contributed by atoms with Crippen LogP contribution in [0.4, 0.5) is 0 Å². The van der Waals surface area contributed by atoms with Crippen LogP contribution in [-0.4, -0.2) is 44.3 Å². The highest BCUT2D eigenvalue weighted by atomic mass is 16.5. The number of rotatable bonds is 6. The minimum Gasteiger partial charge on any atom is -0.507 e. The molecule has 0 fully saturated rings. The van der Waals surface area contributed by atoms with Gasteiger partial charge in [-0.3, -0.25) is 0 Å². The quantitative estimate of drug-likeness (QED) is 0.570. The second-order valence-electron chi connectivity index (χ2n) is 7.99. The van der Waals surface area contributed by atoms with Gasteiger partial charge in [0.1, 0.15) is 11.5 Å². The molecule has 0 spiro atoms. The monoisotopic (exact) mass is 462 g/mol. The Bertz CT molecular complexity index is 1260. The average molecular weight is 463 g/mol. The van der Waals surface area contributed by atoms with Crippen molar-refractivity contribution in [3.8, 4) is 34.5 Å². The highest BCUT2D eigenvalue weighted by Gasteiger charge is 2.42. The number of nitrogens with zero attached hydrogens (tertiary/aromatic N) is 2. The van der Waals surface area contributed by atoms with Crippen LogP contribution in [0.5, 0.6) is 34.5 Å². The van der Waals surface area contributed by atoms with Crippen LogP contribution in [0.1, 0.15) is 35.4 Å². The number of ether oxygens (including phenoxy) is 5. The summed E-state index contributed by atoms with van der Waals surface area (Å²) in [6.07, 6.45) is 0.0347. The van der Waals surface area contributed by atoms with E-state index in [-0.39, 0.29) is 11.8 Å². The predicted octanol–water partition coefficient (Wildman–Crippen LogP) is 4.67. The summed E-state index contributed by atoms with van der Waals surface area (Å²) in [5.74, 6) is 3.35. The summed E-state index contributed by atoms with van der Waals surface area (Å²) in [6, 6.07) is 16.5. The Hall–Kier alpha value is -4.07. The molecule has 2 aliphatic heterocycles. The summed E-state index contributed by atoms with van der Waals surface area (Å²) < 4.78 is 28.4. The first kappa shape index (κ1) is 21.8. The van der Waals surface area contributed by atoms with Crippen molar-refractivity contribution in [1.82, 2.24) is 5.01 Å². The second-order valence-corrected chi connectivity index (χ2v) is 7.99. The summed E-state index contributed by atoms with van der Waals surface area (Å²) in [7, 11) is 6.42. The third-order valence-corrected chi connectivity index (χ3v) is 6.21. The van der Waals surface area contributed by atoms with Gasteiger partial charge in [0, 0.05) is 23.1 Å². The van der Waals surface area contributed by atoms with Gasteiger partial charge in [0.2, 0.25) is 6.23 Å². The van der Waals surface area contributed by atoms with Gasteiger partial charge in [-0.15, -0.1) is 0 Å². The minimum absolute atomic E-state index is 0.113. The molecule has 0 bridgehead atoms. The Labute approximate surface area is 197 Å². The third kappa shape index (κ3) is 3.51. The fourth-order valence-corrected chi connectivity index (χ4v) is 4.51. The number of para-hydroxylation sites is 1. The first-order chi connectivity index (χ1) is 16.6. The van der Waals surface area contributed by atoms with E-state index in [1.54, 1.807) is 46.6 Å². The highest BCUT2D eigenvalue weighted by Crippen LogP contribution is 2.51. The lowest BCUT2D eigenvalue weighted by atomic mass is 9.95. The zero-order valence-corrected chi connectivity index (χ0v) is 19.4. The molecule has 8 heteroatoms. The number of hydrogen-bond donors (Lipinski definition) is 1. The molecule has 0 saturated carbocycles. The summed E-state index contributed by atoms with van der Waals surface area (Å²) in [5.41, 5.74) is 3.19. The number of hydrogen-bond acceptors (Lipinski definition) is 8. The van der Waals surface area contributed by atoms with Crippen LogP contribution in [0.3, 0.4) is 0 Å². The van der Waals surface area contributed by atoms with Crippen LogP contribution in [0, 0.1) is 0 Å². The molecule has 176 valence electrons. The number of benzene rings is 3. The van der Waals surface area contributed by atoms with Crippen molar-refractivity contribution in [2.24, 2.45) is 5.10 Å². The van der Waals surface area contributed by atoms with Crippen molar-refractivity contribution in [2.75, 3.05) is 28.4 Å². The van der Waals surface area contributed by atoms with Gasteiger partial charge in [-0.25, -0.2) is 5.01 Å². The molecular weight excluding hydrogens is 436 g/mol. The van der Waals surface area contributed by atoms with E-state index < -0.39 is 6.23 Å². The molecule has 0 saturated heterocycles. The molecule has 0 aromatic heterocycles.